The molecule has 0 spiro atoms. The zero-order chi connectivity index (χ0) is 12.3. The number of hydrogen-bond acceptors (Lipinski definition) is 5. The van der Waals surface area contributed by atoms with Gasteiger partial charge >= 0.3 is 0 Å². The average Bonchev–Trinajstić information content (AvgIpc) is 2.71. The third-order valence-electron chi connectivity index (χ3n) is 2.44. The van der Waals surface area contributed by atoms with Gasteiger partial charge in [0, 0.05) is 31.1 Å². The highest BCUT2D eigenvalue weighted by Gasteiger charge is 2.16. The van der Waals surface area contributed by atoms with Crippen molar-refractivity contribution in [1.29, 1.82) is 0 Å². The third kappa shape index (κ3) is 2.79. The number of carbonyl (C=O) groups excluding carboxylic acids is 1. The minimum atomic E-state index is -0.354. The number of primary amides is 1. The molecule has 0 aromatic heterocycles. The van der Waals surface area contributed by atoms with Gasteiger partial charge in [-0.25, -0.2) is 0 Å². The number of aromatic hydroxyl groups is 1. The van der Waals surface area contributed by atoms with Crippen LogP contribution < -0.4 is 20.5 Å². The molecule has 0 fully saturated rings. The minimum Gasteiger partial charge on any atom is -0.507 e. The molecule has 1 aliphatic heterocycles. The number of fused-ring (bicyclic) bond motifs is 1. The summed E-state index contributed by atoms with van der Waals surface area (Å²) < 4.78 is 10.3. The molecule has 1 amide bonds. The average molecular weight is 238 g/mol. The van der Waals surface area contributed by atoms with Crippen LogP contribution in [0.2, 0.25) is 0 Å². The van der Waals surface area contributed by atoms with Gasteiger partial charge in [-0.3, -0.25) is 4.79 Å². The maximum absolute atomic E-state index is 10.5. The highest BCUT2D eigenvalue weighted by Crippen LogP contribution is 2.37. The quantitative estimate of drug-likeness (QED) is 0.632. The molecule has 1 aromatic carbocycles. The number of nitrogens with two attached hydrogens (primary N) is 1. The Kier molecular flexibility index (Phi) is 3.34. The van der Waals surface area contributed by atoms with Gasteiger partial charge in [0.2, 0.25) is 12.7 Å². The maximum Gasteiger partial charge on any atom is 0.231 e. The summed E-state index contributed by atoms with van der Waals surface area (Å²) in [6.07, 6.45) is 0.269. The van der Waals surface area contributed by atoms with Gasteiger partial charge in [0.15, 0.2) is 11.5 Å². The number of phenols is 1. The normalized spacial score (nSPS) is 12.7. The molecule has 6 heteroatoms. The highest BCUT2D eigenvalue weighted by atomic mass is 16.7. The van der Waals surface area contributed by atoms with Crippen LogP contribution >= 0.6 is 0 Å². The number of amides is 1. The Morgan fingerprint density at radius 2 is 2.12 bits per heavy atom. The lowest BCUT2D eigenvalue weighted by Gasteiger charge is -2.07. The number of rotatable bonds is 5. The molecule has 1 aromatic rings. The molecule has 0 saturated heterocycles. The molecule has 1 aliphatic rings. The van der Waals surface area contributed by atoms with E-state index >= 15 is 0 Å². The van der Waals surface area contributed by atoms with E-state index in [1.54, 1.807) is 6.07 Å². The summed E-state index contributed by atoms with van der Waals surface area (Å²) in [5, 5.41) is 12.7. The Morgan fingerprint density at radius 3 is 2.82 bits per heavy atom. The second-order valence-corrected chi connectivity index (χ2v) is 3.73. The van der Waals surface area contributed by atoms with Crippen LogP contribution in [0.4, 0.5) is 0 Å². The first kappa shape index (κ1) is 11.5. The molecule has 0 radical (unpaired) electrons. The van der Waals surface area contributed by atoms with Crippen molar-refractivity contribution in [3.05, 3.63) is 17.7 Å². The Labute approximate surface area is 98.3 Å². The van der Waals surface area contributed by atoms with E-state index in [0.29, 0.717) is 30.2 Å². The lowest BCUT2D eigenvalue weighted by atomic mass is 10.1. The summed E-state index contributed by atoms with van der Waals surface area (Å²) in [5.74, 6) is 0.950. The summed E-state index contributed by atoms with van der Waals surface area (Å²) in [5.41, 5.74) is 5.70. The molecule has 6 nitrogen and oxygen atoms in total. The Hall–Kier alpha value is -1.95. The first-order valence-corrected chi connectivity index (χ1v) is 5.27. The fourth-order valence-corrected chi connectivity index (χ4v) is 1.55. The SMILES string of the molecule is NC(=O)CCNCc1cc2c(cc1O)OCO2. The summed E-state index contributed by atoms with van der Waals surface area (Å²) in [6, 6.07) is 3.24. The third-order valence-corrected chi connectivity index (χ3v) is 2.44. The molecule has 4 N–H and O–H groups in total. The van der Waals surface area contributed by atoms with Crippen LogP contribution in [0.3, 0.4) is 0 Å². The molecule has 0 aliphatic carbocycles. The topological polar surface area (TPSA) is 93.8 Å². The second-order valence-electron chi connectivity index (χ2n) is 3.73. The van der Waals surface area contributed by atoms with Crippen molar-refractivity contribution in [2.45, 2.75) is 13.0 Å². The van der Waals surface area contributed by atoms with Crippen molar-refractivity contribution in [2.75, 3.05) is 13.3 Å². The monoisotopic (exact) mass is 238 g/mol. The molecule has 2 rings (SSSR count). The van der Waals surface area contributed by atoms with Crippen molar-refractivity contribution in [2.24, 2.45) is 5.73 Å². The largest absolute Gasteiger partial charge is 0.507 e. The molecule has 0 unspecified atom stereocenters. The molecular formula is C11H14N2O4. The summed E-state index contributed by atoms with van der Waals surface area (Å²) in [4.78, 5) is 10.5. The smallest absolute Gasteiger partial charge is 0.231 e. The van der Waals surface area contributed by atoms with Crippen molar-refractivity contribution >= 4 is 5.91 Å². The Morgan fingerprint density at radius 1 is 1.41 bits per heavy atom. The van der Waals surface area contributed by atoms with Crippen LogP contribution in [0.25, 0.3) is 0 Å². The highest BCUT2D eigenvalue weighted by molar-refractivity contribution is 5.73. The van der Waals surface area contributed by atoms with Gasteiger partial charge in [0.1, 0.15) is 5.75 Å². The minimum absolute atomic E-state index is 0.140. The first-order valence-electron chi connectivity index (χ1n) is 5.27. The van der Waals surface area contributed by atoms with Crippen molar-refractivity contribution in [1.82, 2.24) is 5.32 Å². The van der Waals surface area contributed by atoms with E-state index in [1.165, 1.54) is 6.07 Å². The fourth-order valence-electron chi connectivity index (χ4n) is 1.55. The van der Waals surface area contributed by atoms with E-state index in [1.807, 2.05) is 0 Å². The van der Waals surface area contributed by atoms with Crippen LogP contribution in [-0.2, 0) is 11.3 Å². The van der Waals surface area contributed by atoms with E-state index in [4.69, 9.17) is 15.2 Å². The zero-order valence-electron chi connectivity index (χ0n) is 9.23. The maximum atomic E-state index is 10.5. The van der Waals surface area contributed by atoms with Gasteiger partial charge in [-0.15, -0.1) is 0 Å². The van der Waals surface area contributed by atoms with Gasteiger partial charge in [-0.2, -0.15) is 0 Å². The molecule has 92 valence electrons. The van der Waals surface area contributed by atoms with Gasteiger partial charge in [-0.1, -0.05) is 0 Å². The van der Waals surface area contributed by atoms with Crippen molar-refractivity contribution < 1.29 is 19.4 Å². The summed E-state index contributed by atoms with van der Waals surface area (Å²) in [6.45, 7) is 1.09. The van der Waals surface area contributed by atoms with E-state index in [0.717, 1.165) is 0 Å². The molecule has 0 bridgehead atoms. The van der Waals surface area contributed by atoms with Gasteiger partial charge in [-0.05, 0) is 6.07 Å². The molecule has 17 heavy (non-hydrogen) atoms. The van der Waals surface area contributed by atoms with Crippen LogP contribution in [0.15, 0.2) is 12.1 Å². The van der Waals surface area contributed by atoms with E-state index in [-0.39, 0.29) is 24.9 Å². The number of nitrogens with one attached hydrogen (secondary N) is 1. The van der Waals surface area contributed by atoms with Crippen LogP contribution in [0.5, 0.6) is 17.2 Å². The Balaban J connectivity index is 1.94. The predicted octanol–water partition coefficient (Wildman–Crippen LogP) is 0.0859. The van der Waals surface area contributed by atoms with Crippen LogP contribution in [0, 0.1) is 0 Å². The lowest BCUT2D eigenvalue weighted by Crippen LogP contribution is -2.21. The number of carbonyl (C=O) groups is 1. The first-order chi connectivity index (χ1) is 8.16. The standard InChI is InChI=1S/C11H14N2O4/c12-11(15)1-2-13-5-7-3-9-10(4-8(7)14)17-6-16-9/h3-4,13-14H,1-2,5-6H2,(H2,12,15). The summed E-state index contributed by atoms with van der Waals surface area (Å²) in [7, 11) is 0. The van der Waals surface area contributed by atoms with E-state index < -0.39 is 0 Å². The van der Waals surface area contributed by atoms with E-state index in [2.05, 4.69) is 5.32 Å². The predicted molar refractivity (Wildman–Crippen MR) is 59.7 cm³/mol. The molecule has 0 saturated carbocycles. The number of ether oxygens (including phenoxy) is 2. The second kappa shape index (κ2) is 4.92. The number of hydrogen-bond donors (Lipinski definition) is 3. The number of phenolic OH excluding ortho intramolecular Hbond substituents is 1. The van der Waals surface area contributed by atoms with Gasteiger partial charge in [0.25, 0.3) is 0 Å². The van der Waals surface area contributed by atoms with Gasteiger partial charge < -0.3 is 25.6 Å². The lowest BCUT2D eigenvalue weighted by molar-refractivity contribution is -0.117. The zero-order valence-corrected chi connectivity index (χ0v) is 9.23. The molecular weight excluding hydrogens is 224 g/mol. The van der Waals surface area contributed by atoms with Crippen molar-refractivity contribution in [3.63, 3.8) is 0 Å². The van der Waals surface area contributed by atoms with Crippen LogP contribution in [0.1, 0.15) is 12.0 Å². The van der Waals surface area contributed by atoms with Crippen molar-refractivity contribution in [3.8, 4) is 17.2 Å². The number of benzene rings is 1. The van der Waals surface area contributed by atoms with Crippen LogP contribution in [-0.4, -0.2) is 24.4 Å². The van der Waals surface area contributed by atoms with E-state index in [9.17, 15) is 9.90 Å². The summed E-state index contributed by atoms with van der Waals surface area (Å²) >= 11 is 0. The molecule has 1 heterocycles. The molecule has 0 atom stereocenters. The Bertz CT molecular complexity index is 434. The fraction of sp³-hybridized carbons (Fsp3) is 0.364. The van der Waals surface area contributed by atoms with Gasteiger partial charge in [0.05, 0.1) is 0 Å².